The lowest BCUT2D eigenvalue weighted by atomic mass is 9.72. The quantitative estimate of drug-likeness (QED) is 0.308. The summed E-state index contributed by atoms with van der Waals surface area (Å²) in [6, 6.07) is 0. The highest BCUT2D eigenvalue weighted by Gasteiger charge is 2.32. The van der Waals surface area contributed by atoms with Crippen LogP contribution in [0.2, 0.25) is 0 Å². The highest BCUT2D eigenvalue weighted by molar-refractivity contribution is 5.89. The van der Waals surface area contributed by atoms with Crippen LogP contribution in [0.3, 0.4) is 0 Å². The van der Waals surface area contributed by atoms with Gasteiger partial charge in [0, 0.05) is 0 Å². The lowest BCUT2D eigenvalue weighted by molar-refractivity contribution is -0.147. The second-order valence-electron chi connectivity index (χ2n) is 12.2. The van der Waals surface area contributed by atoms with Crippen molar-refractivity contribution in [2.45, 2.75) is 105 Å². The summed E-state index contributed by atoms with van der Waals surface area (Å²) in [5.41, 5.74) is 1.10. The number of hydrogen-bond acceptors (Lipinski definition) is 5. The van der Waals surface area contributed by atoms with Crippen molar-refractivity contribution in [2.24, 2.45) is 22.7 Å². The fraction of sp³-hybridized carbons (Fsp3) is 0.786. The second kappa shape index (κ2) is 11.7. The molecule has 2 aliphatic carbocycles. The Morgan fingerprint density at radius 1 is 0.636 bits per heavy atom. The van der Waals surface area contributed by atoms with E-state index in [4.69, 9.17) is 14.2 Å². The molecule has 0 atom stereocenters. The van der Waals surface area contributed by atoms with Gasteiger partial charge in [0.15, 0.2) is 0 Å². The van der Waals surface area contributed by atoms with Gasteiger partial charge in [-0.1, -0.05) is 54.7 Å². The normalized spacial score (nSPS) is 26.4. The van der Waals surface area contributed by atoms with Crippen molar-refractivity contribution in [3.8, 4) is 0 Å². The van der Waals surface area contributed by atoms with Gasteiger partial charge in [0.2, 0.25) is 0 Å². The predicted molar refractivity (Wildman–Crippen MR) is 132 cm³/mol. The molecular weight excluding hydrogens is 416 g/mol. The third-order valence-electron chi connectivity index (χ3n) is 7.48. The van der Waals surface area contributed by atoms with Crippen LogP contribution in [-0.4, -0.2) is 37.4 Å². The molecule has 0 radical (unpaired) electrons. The molecule has 5 heteroatoms. The monoisotopic (exact) mass is 462 g/mol. The van der Waals surface area contributed by atoms with E-state index in [2.05, 4.69) is 54.7 Å². The minimum Gasteiger partial charge on any atom is -0.459 e. The molecular formula is C28H46O5. The average Bonchev–Trinajstić information content (AvgIpc) is 2.73. The van der Waals surface area contributed by atoms with E-state index in [0.29, 0.717) is 22.7 Å². The first kappa shape index (κ1) is 27.6. The second-order valence-corrected chi connectivity index (χ2v) is 12.2. The Bertz CT molecular complexity index is 633. The van der Waals surface area contributed by atoms with Gasteiger partial charge in [0.25, 0.3) is 0 Å². The maximum Gasteiger partial charge on any atom is 0.336 e. The van der Waals surface area contributed by atoms with Crippen LogP contribution in [-0.2, 0) is 23.8 Å². The highest BCUT2D eigenvalue weighted by atomic mass is 16.6. The van der Waals surface area contributed by atoms with Gasteiger partial charge in [-0.05, 0) is 74.0 Å². The maximum absolute atomic E-state index is 12.3. The van der Waals surface area contributed by atoms with Crippen molar-refractivity contribution in [1.29, 1.82) is 0 Å². The summed E-state index contributed by atoms with van der Waals surface area (Å²) < 4.78 is 16.7. The Hall–Kier alpha value is -1.62. The molecule has 2 fully saturated rings. The fourth-order valence-corrected chi connectivity index (χ4v) is 4.98. The molecule has 0 bridgehead atoms. The van der Waals surface area contributed by atoms with Gasteiger partial charge in [-0.2, -0.15) is 0 Å². The smallest absolute Gasteiger partial charge is 0.336 e. The van der Waals surface area contributed by atoms with Gasteiger partial charge in [-0.3, -0.25) is 0 Å². The van der Waals surface area contributed by atoms with Crippen LogP contribution in [0.5, 0.6) is 0 Å². The summed E-state index contributed by atoms with van der Waals surface area (Å²) in [4.78, 5) is 24.7. The first-order chi connectivity index (χ1) is 15.3. The van der Waals surface area contributed by atoms with Crippen LogP contribution < -0.4 is 0 Å². The van der Waals surface area contributed by atoms with Crippen molar-refractivity contribution in [3.63, 3.8) is 0 Å². The van der Waals surface area contributed by atoms with Gasteiger partial charge < -0.3 is 14.2 Å². The zero-order valence-electron chi connectivity index (χ0n) is 21.8. The van der Waals surface area contributed by atoms with E-state index in [9.17, 15) is 9.59 Å². The molecule has 0 aliphatic heterocycles. The van der Waals surface area contributed by atoms with Crippen LogP contribution >= 0.6 is 0 Å². The minimum absolute atomic E-state index is 0.0131. The third kappa shape index (κ3) is 8.92. The van der Waals surface area contributed by atoms with Crippen LogP contribution in [0.15, 0.2) is 24.3 Å². The SMILES string of the molecule is C=C(COCC(=C)C(=O)OC1CCC(C(C)(C)C)CC1)C(=O)OC1CCC(C(C)(C)C)CC1. The zero-order chi connectivity index (χ0) is 24.8. The molecule has 2 aliphatic rings. The lowest BCUT2D eigenvalue weighted by Gasteiger charge is -2.36. The van der Waals surface area contributed by atoms with E-state index >= 15 is 0 Å². The third-order valence-corrected chi connectivity index (χ3v) is 7.48. The number of ether oxygens (including phenoxy) is 3. The molecule has 33 heavy (non-hydrogen) atoms. The Morgan fingerprint density at radius 2 is 0.939 bits per heavy atom. The molecule has 0 amide bonds. The average molecular weight is 463 g/mol. The zero-order valence-corrected chi connectivity index (χ0v) is 21.8. The molecule has 0 saturated heterocycles. The van der Waals surface area contributed by atoms with Crippen molar-refractivity contribution in [2.75, 3.05) is 13.2 Å². The molecule has 0 spiro atoms. The van der Waals surface area contributed by atoms with Gasteiger partial charge in [0.05, 0.1) is 24.4 Å². The number of carbonyl (C=O) groups is 2. The van der Waals surface area contributed by atoms with Crippen LogP contribution in [0.25, 0.3) is 0 Å². The highest BCUT2D eigenvalue weighted by Crippen LogP contribution is 2.39. The van der Waals surface area contributed by atoms with E-state index in [1.807, 2.05) is 0 Å². The first-order valence-electron chi connectivity index (χ1n) is 12.6. The van der Waals surface area contributed by atoms with Gasteiger partial charge in [0.1, 0.15) is 12.2 Å². The Balaban J connectivity index is 1.63. The largest absolute Gasteiger partial charge is 0.459 e. The molecule has 5 nitrogen and oxygen atoms in total. The summed E-state index contributed by atoms with van der Waals surface area (Å²) in [7, 11) is 0. The summed E-state index contributed by atoms with van der Waals surface area (Å²) in [5.74, 6) is 0.493. The number of rotatable bonds is 8. The van der Waals surface area contributed by atoms with Gasteiger partial charge in [-0.15, -0.1) is 0 Å². The lowest BCUT2D eigenvalue weighted by Crippen LogP contribution is -2.31. The summed E-state index contributed by atoms with van der Waals surface area (Å²) in [6.07, 6.45) is 7.76. The standard InChI is InChI=1S/C28H46O5/c1-19(25(29)32-23-13-9-21(10-14-23)27(3,4)5)17-31-18-20(2)26(30)33-24-15-11-22(12-16-24)28(6,7)8/h21-24H,1-2,9-18H2,3-8H3. The van der Waals surface area contributed by atoms with Crippen molar-refractivity contribution in [1.82, 2.24) is 0 Å². The molecule has 2 rings (SSSR count). The Morgan fingerprint density at radius 3 is 1.21 bits per heavy atom. The number of hydrogen-bond donors (Lipinski definition) is 0. The molecule has 0 heterocycles. The summed E-state index contributed by atoms with van der Waals surface area (Å²) >= 11 is 0. The number of esters is 2. The molecule has 188 valence electrons. The minimum atomic E-state index is -0.419. The van der Waals surface area contributed by atoms with Crippen molar-refractivity contribution in [3.05, 3.63) is 24.3 Å². The van der Waals surface area contributed by atoms with Crippen molar-refractivity contribution >= 4 is 11.9 Å². The summed E-state index contributed by atoms with van der Waals surface area (Å²) in [6.45, 7) is 21.2. The topological polar surface area (TPSA) is 61.8 Å². The maximum atomic E-state index is 12.3. The van der Waals surface area contributed by atoms with E-state index in [0.717, 1.165) is 51.4 Å². The predicted octanol–water partition coefficient (Wildman–Crippen LogP) is 6.41. The molecule has 0 aromatic rings. The molecule has 0 aromatic carbocycles. The van der Waals surface area contributed by atoms with E-state index < -0.39 is 11.9 Å². The van der Waals surface area contributed by atoms with Crippen LogP contribution in [0, 0.1) is 22.7 Å². The van der Waals surface area contributed by atoms with E-state index in [1.165, 1.54) is 0 Å². The number of carbonyl (C=O) groups excluding carboxylic acids is 2. The van der Waals surface area contributed by atoms with Crippen LogP contribution in [0.4, 0.5) is 0 Å². The van der Waals surface area contributed by atoms with E-state index in [1.54, 1.807) is 0 Å². The Kier molecular flexibility index (Phi) is 9.78. The van der Waals surface area contributed by atoms with Gasteiger partial charge in [-0.25, -0.2) is 9.59 Å². The first-order valence-corrected chi connectivity index (χ1v) is 12.6. The van der Waals surface area contributed by atoms with E-state index in [-0.39, 0.29) is 36.6 Å². The van der Waals surface area contributed by atoms with Gasteiger partial charge >= 0.3 is 11.9 Å². The fourth-order valence-electron chi connectivity index (χ4n) is 4.98. The van der Waals surface area contributed by atoms with Crippen molar-refractivity contribution < 1.29 is 23.8 Å². The van der Waals surface area contributed by atoms with Crippen LogP contribution in [0.1, 0.15) is 92.9 Å². The molecule has 0 unspecified atom stereocenters. The molecule has 0 aromatic heterocycles. The Labute approximate surface area is 201 Å². The molecule has 2 saturated carbocycles. The summed E-state index contributed by atoms with van der Waals surface area (Å²) in [5, 5.41) is 0. The molecule has 0 N–H and O–H groups in total.